The van der Waals surface area contributed by atoms with E-state index >= 15 is 0 Å². The molecule has 2 rings (SSSR count). The van der Waals surface area contributed by atoms with Gasteiger partial charge >= 0.3 is 6.03 Å². The van der Waals surface area contributed by atoms with Gasteiger partial charge in [-0.25, -0.2) is 14.6 Å². The van der Waals surface area contributed by atoms with Crippen LogP contribution in [0.1, 0.15) is 36.7 Å². The molecule has 116 valence electrons. The van der Waals surface area contributed by atoms with Crippen LogP contribution in [-0.4, -0.2) is 50.6 Å². The molecule has 1 saturated heterocycles. The van der Waals surface area contributed by atoms with Gasteiger partial charge in [-0.15, -0.1) is 5.10 Å². The monoisotopic (exact) mass is 298 g/mol. The van der Waals surface area contributed by atoms with Crippen molar-refractivity contribution in [2.75, 3.05) is 13.1 Å². The summed E-state index contributed by atoms with van der Waals surface area (Å²) in [5.41, 5.74) is 3.19. The molecule has 0 saturated carbocycles. The van der Waals surface area contributed by atoms with Crippen LogP contribution in [0.25, 0.3) is 0 Å². The second kappa shape index (κ2) is 6.06. The van der Waals surface area contributed by atoms with E-state index in [1.54, 1.807) is 7.05 Å². The smallest absolute Gasteiger partial charge is 0.320 e. The van der Waals surface area contributed by atoms with Crippen molar-refractivity contribution in [2.24, 2.45) is 7.05 Å². The Balaban J connectivity index is 1.87. The normalized spacial score (nSPS) is 22.5. The van der Waals surface area contributed by atoms with Gasteiger partial charge in [0, 0.05) is 13.6 Å². The number of hydrogen-bond acceptors (Lipinski definition) is 4. The van der Waals surface area contributed by atoms with Gasteiger partial charge in [0.1, 0.15) is 5.67 Å². The fourth-order valence-corrected chi connectivity index (χ4v) is 2.23. The number of rotatable bonds is 1. The molecule has 1 atom stereocenters. The van der Waals surface area contributed by atoms with Gasteiger partial charge in [-0.3, -0.25) is 14.9 Å². The van der Waals surface area contributed by atoms with Crippen LogP contribution < -0.4 is 10.9 Å². The molecule has 2 N–H and O–H groups in total. The molecule has 2 heterocycles. The summed E-state index contributed by atoms with van der Waals surface area (Å²) in [5.74, 6) is -0.575. The second-order valence-corrected chi connectivity index (χ2v) is 5.45. The zero-order chi connectivity index (χ0) is 15.5. The topological polar surface area (TPSA) is 92.2 Å². The summed E-state index contributed by atoms with van der Waals surface area (Å²) in [6.07, 6.45) is 3.34. The molecular formula is C12H19FN6O2. The molecule has 0 radical (unpaired) electrons. The number of hydrazine groups is 1. The zero-order valence-corrected chi connectivity index (χ0v) is 12.1. The van der Waals surface area contributed by atoms with Gasteiger partial charge in [-0.2, -0.15) is 0 Å². The van der Waals surface area contributed by atoms with Gasteiger partial charge < -0.3 is 4.90 Å². The van der Waals surface area contributed by atoms with Gasteiger partial charge in [-0.05, 0) is 26.2 Å². The van der Waals surface area contributed by atoms with E-state index in [0.29, 0.717) is 13.0 Å². The van der Waals surface area contributed by atoms with E-state index in [-0.39, 0.29) is 12.2 Å². The Morgan fingerprint density at radius 2 is 2.14 bits per heavy atom. The Hall–Kier alpha value is -2.19. The number of urea groups is 1. The van der Waals surface area contributed by atoms with E-state index in [4.69, 9.17) is 0 Å². The van der Waals surface area contributed by atoms with Gasteiger partial charge in [0.15, 0.2) is 5.69 Å². The van der Waals surface area contributed by atoms with E-state index in [1.165, 1.54) is 22.7 Å². The van der Waals surface area contributed by atoms with Crippen molar-refractivity contribution in [1.82, 2.24) is 30.7 Å². The first-order chi connectivity index (χ1) is 9.87. The van der Waals surface area contributed by atoms with Gasteiger partial charge in [0.25, 0.3) is 5.91 Å². The molecule has 3 amide bonds. The SMILES string of the molecule is Cn1cc(C(=O)NNC(=O)N2CCCCC(C)(F)C2)nn1. The second-order valence-electron chi connectivity index (χ2n) is 5.45. The highest BCUT2D eigenvalue weighted by molar-refractivity contribution is 5.93. The number of amides is 3. The zero-order valence-electron chi connectivity index (χ0n) is 12.1. The van der Waals surface area contributed by atoms with Crippen LogP contribution in [-0.2, 0) is 7.05 Å². The molecule has 1 fully saturated rings. The number of aryl methyl sites for hydroxylation is 1. The molecule has 1 unspecified atom stereocenters. The highest BCUT2D eigenvalue weighted by Crippen LogP contribution is 2.23. The Morgan fingerprint density at radius 1 is 1.38 bits per heavy atom. The minimum atomic E-state index is -1.40. The van der Waals surface area contributed by atoms with Crippen LogP contribution in [0.3, 0.4) is 0 Å². The number of carbonyl (C=O) groups excluding carboxylic acids is 2. The summed E-state index contributed by atoms with van der Waals surface area (Å²) < 4.78 is 15.5. The van der Waals surface area contributed by atoms with Crippen molar-refractivity contribution in [1.29, 1.82) is 0 Å². The lowest BCUT2D eigenvalue weighted by Gasteiger charge is -2.26. The van der Waals surface area contributed by atoms with Crippen LogP contribution in [0.5, 0.6) is 0 Å². The Bertz CT molecular complexity index is 530. The number of aromatic nitrogens is 3. The van der Waals surface area contributed by atoms with Crippen LogP contribution in [0.15, 0.2) is 6.20 Å². The molecule has 0 bridgehead atoms. The average Bonchev–Trinajstić information content (AvgIpc) is 2.76. The molecule has 0 aliphatic carbocycles. The first-order valence-electron chi connectivity index (χ1n) is 6.78. The van der Waals surface area contributed by atoms with Crippen molar-refractivity contribution >= 4 is 11.9 Å². The lowest BCUT2D eigenvalue weighted by molar-refractivity contribution is 0.0915. The van der Waals surface area contributed by atoms with Crippen molar-refractivity contribution < 1.29 is 14.0 Å². The number of nitrogens with zero attached hydrogens (tertiary/aromatic N) is 4. The first-order valence-corrected chi connectivity index (χ1v) is 6.78. The maximum Gasteiger partial charge on any atom is 0.336 e. The summed E-state index contributed by atoms with van der Waals surface area (Å²) in [5, 5.41) is 7.24. The van der Waals surface area contributed by atoms with E-state index in [9.17, 15) is 14.0 Å². The highest BCUT2D eigenvalue weighted by atomic mass is 19.1. The molecular weight excluding hydrogens is 279 g/mol. The largest absolute Gasteiger partial charge is 0.336 e. The van der Waals surface area contributed by atoms with Crippen molar-refractivity contribution in [3.8, 4) is 0 Å². The van der Waals surface area contributed by atoms with E-state index in [0.717, 1.165) is 12.8 Å². The summed E-state index contributed by atoms with van der Waals surface area (Å²) in [6, 6.07) is -0.530. The highest BCUT2D eigenvalue weighted by Gasteiger charge is 2.31. The Kier molecular flexibility index (Phi) is 4.39. The minimum Gasteiger partial charge on any atom is -0.320 e. The molecule has 1 aromatic rings. The van der Waals surface area contributed by atoms with Crippen LogP contribution in [0.4, 0.5) is 9.18 Å². The van der Waals surface area contributed by atoms with Gasteiger partial charge in [0.05, 0.1) is 12.7 Å². The summed E-state index contributed by atoms with van der Waals surface area (Å²) in [6.45, 7) is 1.96. The number of alkyl halides is 1. The Labute approximate surface area is 121 Å². The number of halogens is 1. The van der Waals surface area contributed by atoms with Gasteiger partial charge in [0.2, 0.25) is 0 Å². The van der Waals surface area contributed by atoms with E-state index in [2.05, 4.69) is 21.2 Å². The predicted molar refractivity (Wildman–Crippen MR) is 71.9 cm³/mol. The molecule has 1 aliphatic heterocycles. The summed E-state index contributed by atoms with van der Waals surface area (Å²) in [7, 11) is 1.63. The fraction of sp³-hybridized carbons (Fsp3) is 0.667. The van der Waals surface area contributed by atoms with Crippen molar-refractivity contribution in [3.63, 3.8) is 0 Å². The third kappa shape index (κ3) is 4.14. The predicted octanol–water partition coefficient (Wildman–Crippen LogP) is 0.384. The van der Waals surface area contributed by atoms with Crippen LogP contribution in [0, 0.1) is 0 Å². The summed E-state index contributed by atoms with van der Waals surface area (Å²) in [4.78, 5) is 25.0. The van der Waals surface area contributed by atoms with Crippen molar-refractivity contribution in [2.45, 2.75) is 31.9 Å². The molecule has 0 spiro atoms. The molecule has 21 heavy (non-hydrogen) atoms. The number of nitrogens with one attached hydrogen (secondary N) is 2. The number of likely N-dealkylation sites (tertiary alicyclic amines) is 1. The maximum atomic E-state index is 14.1. The summed E-state index contributed by atoms with van der Waals surface area (Å²) >= 11 is 0. The lowest BCUT2D eigenvalue weighted by Crippen LogP contribution is -2.51. The molecule has 0 aromatic carbocycles. The maximum absolute atomic E-state index is 14.1. The standard InChI is InChI=1S/C12H19FN6O2/c1-12(13)5-3-4-6-19(8-12)11(21)16-15-10(20)9-7-18(2)17-14-9/h7H,3-6,8H2,1-2H3,(H,15,20)(H,16,21). The number of hydrogen-bond donors (Lipinski definition) is 2. The average molecular weight is 298 g/mol. The fourth-order valence-electron chi connectivity index (χ4n) is 2.23. The van der Waals surface area contributed by atoms with E-state index in [1.807, 2.05) is 0 Å². The third-order valence-corrected chi connectivity index (χ3v) is 3.30. The minimum absolute atomic E-state index is 0.0137. The molecule has 9 heteroatoms. The molecule has 8 nitrogen and oxygen atoms in total. The third-order valence-electron chi connectivity index (χ3n) is 3.30. The van der Waals surface area contributed by atoms with E-state index < -0.39 is 17.6 Å². The quantitative estimate of drug-likeness (QED) is 0.733. The van der Waals surface area contributed by atoms with Crippen molar-refractivity contribution in [3.05, 3.63) is 11.9 Å². The van der Waals surface area contributed by atoms with Crippen LogP contribution in [0.2, 0.25) is 0 Å². The molecule has 1 aromatic heterocycles. The Morgan fingerprint density at radius 3 is 2.81 bits per heavy atom. The molecule has 1 aliphatic rings. The first kappa shape index (κ1) is 15.2. The van der Waals surface area contributed by atoms with Crippen LogP contribution >= 0.6 is 0 Å². The lowest BCUT2D eigenvalue weighted by atomic mass is 10.0. The van der Waals surface area contributed by atoms with Gasteiger partial charge in [-0.1, -0.05) is 5.21 Å². The number of carbonyl (C=O) groups is 2.